The van der Waals surface area contributed by atoms with E-state index < -0.39 is 0 Å². The van der Waals surface area contributed by atoms with E-state index in [9.17, 15) is 0 Å². The van der Waals surface area contributed by atoms with E-state index in [4.69, 9.17) is 11.6 Å². The molecule has 0 atom stereocenters. The normalized spacial score (nSPS) is 10.9. The zero-order valence-corrected chi connectivity index (χ0v) is 8.59. The molecule has 0 unspecified atom stereocenters. The molecule has 2 aromatic heterocycles. The van der Waals surface area contributed by atoms with Crippen LogP contribution in [0.4, 0.5) is 0 Å². The van der Waals surface area contributed by atoms with Crippen LogP contribution in [0.3, 0.4) is 0 Å². The van der Waals surface area contributed by atoms with Crippen molar-refractivity contribution in [1.29, 1.82) is 0 Å². The first-order chi connectivity index (χ1) is 5.68. The fraction of sp³-hybridized carbons (Fsp3) is 0.143. The van der Waals surface area contributed by atoms with E-state index in [1.165, 1.54) is 0 Å². The lowest BCUT2D eigenvalue weighted by Gasteiger charge is -1.92. The lowest BCUT2D eigenvalue weighted by atomic mass is 10.6. The van der Waals surface area contributed by atoms with Crippen molar-refractivity contribution < 1.29 is 0 Å². The van der Waals surface area contributed by atoms with Gasteiger partial charge < -0.3 is 0 Å². The van der Waals surface area contributed by atoms with Crippen molar-refractivity contribution in [1.82, 2.24) is 14.4 Å². The molecule has 0 N–H and O–H groups in total. The molecule has 0 fully saturated rings. The van der Waals surface area contributed by atoms with Crippen molar-refractivity contribution in [2.45, 2.75) is 6.92 Å². The highest BCUT2D eigenvalue weighted by molar-refractivity contribution is 9.10. The topological polar surface area (TPSA) is 30.2 Å². The van der Waals surface area contributed by atoms with Crippen molar-refractivity contribution >= 4 is 33.3 Å². The predicted octanol–water partition coefficient (Wildman–Crippen LogP) is 2.45. The molecule has 2 heterocycles. The van der Waals surface area contributed by atoms with Gasteiger partial charge in [-0.05, 0) is 28.9 Å². The Balaban J connectivity index is 2.87. The zero-order valence-electron chi connectivity index (χ0n) is 6.25. The first-order valence-electron chi connectivity index (χ1n) is 3.35. The van der Waals surface area contributed by atoms with Crippen LogP contribution < -0.4 is 0 Å². The molecule has 0 aliphatic rings. The Labute approximate surface area is 82.5 Å². The second-order valence-corrected chi connectivity index (χ2v) is 3.55. The number of hydrogen-bond acceptors (Lipinski definition) is 2. The van der Waals surface area contributed by atoms with Gasteiger partial charge in [0.1, 0.15) is 9.76 Å². The number of halogens is 2. The average Bonchev–Trinajstić information content (AvgIpc) is 2.28. The Morgan fingerprint density at radius 2 is 2.25 bits per heavy atom. The summed E-state index contributed by atoms with van der Waals surface area (Å²) < 4.78 is 2.75. The molecule has 3 nitrogen and oxygen atoms in total. The van der Waals surface area contributed by atoms with Crippen LogP contribution in [0.15, 0.2) is 16.9 Å². The fourth-order valence-corrected chi connectivity index (χ4v) is 1.49. The molecule has 0 aromatic carbocycles. The average molecular weight is 246 g/mol. The first-order valence-corrected chi connectivity index (χ1v) is 4.52. The third-order valence-corrected chi connectivity index (χ3v) is 2.73. The summed E-state index contributed by atoms with van der Waals surface area (Å²) >= 11 is 9.09. The number of aryl methyl sites for hydroxylation is 1. The van der Waals surface area contributed by atoms with Gasteiger partial charge in [0.25, 0.3) is 0 Å². The van der Waals surface area contributed by atoms with E-state index in [1.807, 2.05) is 17.5 Å². The molecule has 0 saturated carbocycles. The summed E-state index contributed by atoms with van der Waals surface area (Å²) in [5, 5.41) is 0.458. The van der Waals surface area contributed by atoms with Crippen molar-refractivity contribution in [3.05, 3.63) is 27.7 Å². The minimum atomic E-state index is 0.458. The van der Waals surface area contributed by atoms with E-state index in [-0.39, 0.29) is 0 Å². The maximum absolute atomic E-state index is 5.70. The molecule has 0 bridgehead atoms. The molecule has 0 amide bonds. The third-order valence-electron chi connectivity index (χ3n) is 1.56. The van der Waals surface area contributed by atoms with Crippen molar-refractivity contribution in [2.75, 3.05) is 0 Å². The Morgan fingerprint density at radius 3 is 3.00 bits per heavy atom. The molecule has 0 spiro atoms. The minimum Gasteiger partial charge on any atom is -0.278 e. The van der Waals surface area contributed by atoms with Gasteiger partial charge in [-0.3, -0.25) is 4.40 Å². The molecular weight excluding hydrogens is 241 g/mol. The number of hydrogen-bond donors (Lipinski definition) is 0. The van der Waals surface area contributed by atoms with Crippen LogP contribution in [0.2, 0.25) is 5.15 Å². The van der Waals surface area contributed by atoms with Crippen LogP contribution in [0, 0.1) is 6.92 Å². The van der Waals surface area contributed by atoms with Crippen molar-refractivity contribution in [2.24, 2.45) is 0 Å². The highest BCUT2D eigenvalue weighted by atomic mass is 79.9. The number of aromatic nitrogens is 3. The number of imidazole rings is 1. The monoisotopic (exact) mass is 245 g/mol. The predicted molar refractivity (Wildman–Crippen MR) is 50.4 cm³/mol. The highest BCUT2D eigenvalue weighted by Gasteiger charge is 2.05. The summed E-state index contributed by atoms with van der Waals surface area (Å²) in [6.45, 7) is 1.91. The van der Waals surface area contributed by atoms with Crippen molar-refractivity contribution in [3.8, 4) is 0 Å². The molecule has 12 heavy (non-hydrogen) atoms. The molecule has 0 aliphatic heterocycles. The minimum absolute atomic E-state index is 0.458. The number of fused-ring (bicyclic) bond motifs is 1. The summed E-state index contributed by atoms with van der Waals surface area (Å²) in [6.07, 6.45) is 1.83. The van der Waals surface area contributed by atoms with E-state index in [0.717, 1.165) is 10.3 Å². The van der Waals surface area contributed by atoms with Gasteiger partial charge in [-0.25, -0.2) is 9.97 Å². The molecule has 0 aliphatic carbocycles. The maximum atomic E-state index is 5.70. The second kappa shape index (κ2) is 2.71. The van der Waals surface area contributed by atoms with E-state index in [1.54, 1.807) is 6.07 Å². The van der Waals surface area contributed by atoms with Crippen LogP contribution in [-0.2, 0) is 0 Å². The smallest absolute Gasteiger partial charge is 0.236 e. The Hall–Kier alpha value is -0.610. The first kappa shape index (κ1) is 8.01. The largest absolute Gasteiger partial charge is 0.278 e. The maximum Gasteiger partial charge on any atom is 0.236 e. The van der Waals surface area contributed by atoms with Gasteiger partial charge >= 0.3 is 0 Å². The molecule has 0 radical (unpaired) electrons. The van der Waals surface area contributed by atoms with Crippen LogP contribution in [0.1, 0.15) is 5.69 Å². The van der Waals surface area contributed by atoms with E-state index in [2.05, 4.69) is 25.9 Å². The SMILES string of the molecule is Cc1nc2nc(Cl)ccn2c1Br. The fourth-order valence-electron chi connectivity index (χ4n) is 0.992. The van der Waals surface area contributed by atoms with Crippen LogP contribution in [0.5, 0.6) is 0 Å². The van der Waals surface area contributed by atoms with Gasteiger partial charge in [0.2, 0.25) is 5.78 Å². The van der Waals surface area contributed by atoms with Gasteiger partial charge in [-0.1, -0.05) is 11.6 Å². The summed E-state index contributed by atoms with van der Waals surface area (Å²) in [5.74, 6) is 0.617. The van der Waals surface area contributed by atoms with Gasteiger partial charge in [-0.2, -0.15) is 0 Å². The summed E-state index contributed by atoms with van der Waals surface area (Å²) in [4.78, 5) is 8.24. The third kappa shape index (κ3) is 1.11. The Morgan fingerprint density at radius 1 is 1.50 bits per heavy atom. The number of rotatable bonds is 0. The molecular formula is C7H5BrClN3. The van der Waals surface area contributed by atoms with Crippen LogP contribution in [-0.4, -0.2) is 14.4 Å². The molecule has 5 heteroatoms. The number of nitrogens with zero attached hydrogens (tertiary/aromatic N) is 3. The molecule has 0 saturated heterocycles. The summed E-state index contributed by atoms with van der Waals surface area (Å²) in [5.41, 5.74) is 0.907. The lowest BCUT2D eigenvalue weighted by molar-refractivity contribution is 1.09. The van der Waals surface area contributed by atoms with E-state index in [0.29, 0.717) is 10.9 Å². The van der Waals surface area contributed by atoms with E-state index >= 15 is 0 Å². The lowest BCUT2D eigenvalue weighted by Crippen LogP contribution is -1.87. The quantitative estimate of drug-likeness (QED) is 0.669. The highest BCUT2D eigenvalue weighted by Crippen LogP contribution is 2.17. The molecule has 62 valence electrons. The van der Waals surface area contributed by atoms with Gasteiger partial charge in [0, 0.05) is 6.20 Å². The summed E-state index contributed by atoms with van der Waals surface area (Å²) in [6, 6.07) is 1.72. The molecule has 2 rings (SSSR count). The van der Waals surface area contributed by atoms with Gasteiger partial charge in [0.05, 0.1) is 5.69 Å². The second-order valence-electron chi connectivity index (χ2n) is 2.41. The molecule has 2 aromatic rings. The van der Waals surface area contributed by atoms with Crippen molar-refractivity contribution in [3.63, 3.8) is 0 Å². The van der Waals surface area contributed by atoms with Crippen LogP contribution >= 0.6 is 27.5 Å². The summed E-state index contributed by atoms with van der Waals surface area (Å²) in [7, 11) is 0. The zero-order chi connectivity index (χ0) is 8.72. The Bertz CT molecular complexity index is 437. The van der Waals surface area contributed by atoms with Crippen LogP contribution in [0.25, 0.3) is 5.78 Å². The standard InChI is InChI=1S/C7H5BrClN3/c1-4-6(8)12-3-2-5(9)11-7(12)10-4/h2-3H,1H3. The van der Waals surface area contributed by atoms with Gasteiger partial charge in [-0.15, -0.1) is 0 Å². The Kier molecular flexibility index (Phi) is 1.81. The van der Waals surface area contributed by atoms with Gasteiger partial charge in [0.15, 0.2) is 0 Å².